The van der Waals surface area contributed by atoms with Crippen LogP contribution in [0.4, 0.5) is 0 Å². The number of nitrogens with one attached hydrogen (secondary N) is 1. The van der Waals surface area contributed by atoms with Crippen molar-refractivity contribution in [3.63, 3.8) is 0 Å². The highest BCUT2D eigenvalue weighted by atomic mass is 15.2. The first kappa shape index (κ1) is 12.8. The molecule has 1 atom stereocenters. The Kier molecular flexibility index (Phi) is 4.53. The fraction of sp³-hybridized carbons (Fsp3) is 0.400. The average Bonchev–Trinajstić information content (AvgIpc) is 2.82. The van der Waals surface area contributed by atoms with Crippen LogP contribution in [0.3, 0.4) is 0 Å². The lowest BCUT2D eigenvalue weighted by Gasteiger charge is -2.17. The zero-order valence-electron chi connectivity index (χ0n) is 11.1. The van der Waals surface area contributed by atoms with E-state index in [-0.39, 0.29) is 0 Å². The third-order valence-electron chi connectivity index (χ3n) is 3.05. The van der Waals surface area contributed by atoms with E-state index in [9.17, 15) is 0 Å². The van der Waals surface area contributed by atoms with Gasteiger partial charge in [-0.3, -0.25) is 4.68 Å². The second kappa shape index (κ2) is 6.36. The van der Waals surface area contributed by atoms with Gasteiger partial charge in [-0.2, -0.15) is 5.10 Å². The van der Waals surface area contributed by atoms with Gasteiger partial charge >= 0.3 is 0 Å². The maximum Gasteiger partial charge on any atom is 0.0537 e. The van der Waals surface area contributed by atoms with Gasteiger partial charge in [0.2, 0.25) is 0 Å². The maximum atomic E-state index is 4.26. The number of aromatic nitrogens is 2. The molecule has 2 rings (SSSR count). The summed E-state index contributed by atoms with van der Waals surface area (Å²) in [6.45, 7) is 3.22. The highest BCUT2D eigenvalue weighted by Gasteiger charge is 2.12. The number of rotatable bonds is 6. The van der Waals surface area contributed by atoms with Crippen molar-refractivity contribution in [2.24, 2.45) is 7.05 Å². The van der Waals surface area contributed by atoms with Gasteiger partial charge in [-0.1, -0.05) is 37.3 Å². The molecular formula is C15H21N3. The van der Waals surface area contributed by atoms with Crippen molar-refractivity contribution in [3.8, 4) is 0 Å². The summed E-state index contributed by atoms with van der Waals surface area (Å²) in [4.78, 5) is 0. The van der Waals surface area contributed by atoms with Crippen molar-refractivity contribution in [1.29, 1.82) is 0 Å². The molecular weight excluding hydrogens is 222 g/mol. The van der Waals surface area contributed by atoms with E-state index in [0.717, 1.165) is 19.4 Å². The predicted octanol–water partition coefficient (Wildman–Crippen LogP) is 2.70. The molecule has 18 heavy (non-hydrogen) atoms. The van der Waals surface area contributed by atoms with E-state index in [1.165, 1.54) is 11.1 Å². The quantitative estimate of drug-likeness (QED) is 0.845. The average molecular weight is 243 g/mol. The minimum atomic E-state index is 0.348. The van der Waals surface area contributed by atoms with Crippen LogP contribution >= 0.6 is 0 Å². The van der Waals surface area contributed by atoms with Gasteiger partial charge in [0.25, 0.3) is 0 Å². The van der Waals surface area contributed by atoms with Gasteiger partial charge in [0.05, 0.1) is 6.20 Å². The van der Waals surface area contributed by atoms with Crippen LogP contribution in [0.15, 0.2) is 42.7 Å². The number of benzene rings is 1. The molecule has 0 bridgehead atoms. The van der Waals surface area contributed by atoms with Crippen molar-refractivity contribution in [2.45, 2.75) is 25.8 Å². The van der Waals surface area contributed by atoms with Crippen molar-refractivity contribution < 1.29 is 0 Å². The summed E-state index contributed by atoms with van der Waals surface area (Å²) in [6, 6.07) is 10.9. The smallest absolute Gasteiger partial charge is 0.0537 e. The first-order valence-corrected chi connectivity index (χ1v) is 6.55. The molecule has 0 saturated heterocycles. The Morgan fingerprint density at radius 1 is 1.28 bits per heavy atom. The molecule has 1 N–H and O–H groups in total. The van der Waals surface area contributed by atoms with Gasteiger partial charge < -0.3 is 5.32 Å². The van der Waals surface area contributed by atoms with Crippen molar-refractivity contribution >= 4 is 0 Å². The standard InChI is InChI=1S/C15H21N3/c1-3-9-16-15(14-11-17-18(2)12-14)10-13-7-5-4-6-8-13/h4-8,11-12,15-16H,3,9-10H2,1-2H3. The molecule has 0 saturated carbocycles. The Hall–Kier alpha value is -1.61. The summed E-state index contributed by atoms with van der Waals surface area (Å²) in [7, 11) is 1.96. The third kappa shape index (κ3) is 3.44. The van der Waals surface area contributed by atoms with Gasteiger partial charge in [0.15, 0.2) is 0 Å². The zero-order valence-corrected chi connectivity index (χ0v) is 11.1. The highest BCUT2D eigenvalue weighted by molar-refractivity contribution is 5.20. The van der Waals surface area contributed by atoms with Crippen molar-refractivity contribution in [2.75, 3.05) is 6.54 Å². The van der Waals surface area contributed by atoms with Crippen LogP contribution in [0.2, 0.25) is 0 Å². The molecule has 0 aliphatic rings. The fourth-order valence-corrected chi connectivity index (χ4v) is 2.10. The maximum absolute atomic E-state index is 4.26. The van der Waals surface area contributed by atoms with Crippen LogP contribution in [0.5, 0.6) is 0 Å². The molecule has 3 nitrogen and oxygen atoms in total. The zero-order chi connectivity index (χ0) is 12.8. The number of hydrogen-bond donors (Lipinski definition) is 1. The largest absolute Gasteiger partial charge is 0.310 e. The van der Waals surface area contributed by atoms with E-state index in [1.807, 2.05) is 17.9 Å². The van der Waals surface area contributed by atoms with Gasteiger partial charge in [-0.25, -0.2) is 0 Å². The number of aryl methyl sites for hydroxylation is 1. The molecule has 0 spiro atoms. The Morgan fingerprint density at radius 2 is 2.06 bits per heavy atom. The van der Waals surface area contributed by atoms with Crippen LogP contribution in [0.1, 0.15) is 30.5 Å². The SMILES string of the molecule is CCCNC(Cc1ccccc1)c1cnn(C)c1. The van der Waals surface area contributed by atoms with Crippen LogP contribution in [0.25, 0.3) is 0 Å². The molecule has 3 heteroatoms. The first-order chi connectivity index (χ1) is 8.79. The van der Waals surface area contributed by atoms with E-state index >= 15 is 0 Å². The molecule has 0 radical (unpaired) electrons. The Morgan fingerprint density at radius 3 is 2.67 bits per heavy atom. The fourth-order valence-electron chi connectivity index (χ4n) is 2.10. The van der Waals surface area contributed by atoms with Gasteiger partial charge in [0, 0.05) is 24.8 Å². The van der Waals surface area contributed by atoms with Gasteiger partial charge in [-0.15, -0.1) is 0 Å². The molecule has 96 valence electrons. The van der Waals surface area contributed by atoms with Crippen molar-refractivity contribution in [1.82, 2.24) is 15.1 Å². The Balaban J connectivity index is 2.10. The lowest BCUT2D eigenvalue weighted by Crippen LogP contribution is -2.23. The molecule has 1 aromatic heterocycles. The molecule has 2 aromatic rings. The topological polar surface area (TPSA) is 29.9 Å². The second-order valence-electron chi connectivity index (χ2n) is 4.64. The lowest BCUT2D eigenvalue weighted by atomic mass is 10.0. The predicted molar refractivity (Wildman–Crippen MR) is 74.4 cm³/mol. The van der Waals surface area contributed by atoms with Crippen LogP contribution < -0.4 is 5.32 Å². The molecule has 1 unspecified atom stereocenters. The lowest BCUT2D eigenvalue weighted by molar-refractivity contribution is 0.529. The second-order valence-corrected chi connectivity index (χ2v) is 4.64. The van der Waals surface area contributed by atoms with Gasteiger partial charge in [-0.05, 0) is 24.9 Å². The normalized spacial score (nSPS) is 12.6. The Bertz CT molecular complexity index is 462. The van der Waals surface area contributed by atoms with Crippen LogP contribution in [-0.2, 0) is 13.5 Å². The summed E-state index contributed by atoms with van der Waals surface area (Å²) in [5, 5.41) is 7.86. The minimum Gasteiger partial charge on any atom is -0.310 e. The number of hydrogen-bond acceptors (Lipinski definition) is 2. The monoisotopic (exact) mass is 243 g/mol. The highest BCUT2D eigenvalue weighted by Crippen LogP contribution is 2.17. The van der Waals surface area contributed by atoms with Crippen LogP contribution in [-0.4, -0.2) is 16.3 Å². The molecule has 1 aromatic carbocycles. The van der Waals surface area contributed by atoms with E-state index < -0.39 is 0 Å². The molecule has 0 fully saturated rings. The Labute approximate surface area is 109 Å². The number of nitrogens with zero attached hydrogens (tertiary/aromatic N) is 2. The molecule has 0 amide bonds. The molecule has 1 heterocycles. The van der Waals surface area contributed by atoms with Gasteiger partial charge in [0.1, 0.15) is 0 Å². The molecule has 0 aliphatic carbocycles. The molecule has 0 aliphatic heterocycles. The van der Waals surface area contributed by atoms with E-state index in [2.05, 4.69) is 53.9 Å². The summed E-state index contributed by atoms with van der Waals surface area (Å²) < 4.78 is 1.86. The summed E-state index contributed by atoms with van der Waals surface area (Å²) in [5.41, 5.74) is 2.62. The third-order valence-corrected chi connectivity index (χ3v) is 3.05. The van der Waals surface area contributed by atoms with Crippen molar-refractivity contribution in [3.05, 3.63) is 53.9 Å². The summed E-state index contributed by atoms with van der Waals surface area (Å²) >= 11 is 0. The van der Waals surface area contributed by atoms with E-state index in [0.29, 0.717) is 6.04 Å². The van der Waals surface area contributed by atoms with E-state index in [1.54, 1.807) is 0 Å². The first-order valence-electron chi connectivity index (χ1n) is 6.55. The summed E-state index contributed by atoms with van der Waals surface area (Å²) in [6.07, 6.45) is 6.20. The minimum absolute atomic E-state index is 0.348. The van der Waals surface area contributed by atoms with Crippen LogP contribution in [0, 0.1) is 0 Å². The summed E-state index contributed by atoms with van der Waals surface area (Å²) in [5.74, 6) is 0. The van der Waals surface area contributed by atoms with E-state index in [4.69, 9.17) is 0 Å².